The number of hydrogen-bond acceptors (Lipinski definition) is 3. The van der Waals surface area contributed by atoms with Crippen molar-refractivity contribution in [1.29, 1.82) is 0 Å². The summed E-state index contributed by atoms with van der Waals surface area (Å²) in [7, 11) is 4.00. The molecule has 2 aromatic rings. The van der Waals surface area contributed by atoms with Crippen LogP contribution in [0.5, 0.6) is 0 Å². The molecule has 1 unspecified atom stereocenters. The van der Waals surface area contributed by atoms with Crippen LogP contribution in [0, 0.1) is 6.92 Å². The summed E-state index contributed by atoms with van der Waals surface area (Å²) in [5.74, 6) is 0. The predicted octanol–water partition coefficient (Wildman–Crippen LogP) is 2.95. The second-order valence-electron chi connectivity index (χ2n) is 4.85. The molecule has 94 valence electrons. The molecule has 0 fully saturated rings. The standard InChI is InChI=1S/C13H15ClN4/c1-7-5-15-13(14)12-10(7)11-9(6-17(3)16-11)8(2)18(12)4/h5-6,8H,1-4H3. The first-order valence-electron chi connectivity index (χ1n) is 5.92. The van der Waals surface area contributed by atoms with Crippen LogP contribution in [-0.4, -0.2) is 21.8 Å². The van der Waals surface area contributed by atoms with Gasteiger partial charge in [-0.1, -0.05) is 11.6 Å². The molecule has 5 heteroatoms. The van der Waals surface area contributed by atoms with Gasteiger partial charge in [0.1, 0.15) is 5.69 Å². The molecule has 0 bridgehead atoms. The van der Waals surface area contributed by atoms with Crippen molar-refractivity contribution in [3.8, 4) is 11.3 Å². The zero-order chi connectivity index (χ0) is 13.0. The summed E-state index contributed by atoms with van der Waals surface area (Å²) in [6.07, 6.45) is 3.89. The van der Waals surface area contributed by atoms with Gasteiger partial charge in [0.05, 0.1) is 11.7 Å². The molecule has 0 aromatic carbocycles. The number of anilines is 1. The van der Waals surface area contributed by atoms with Crippen LogP contribution in [-0.2, 0) is 7.05 Å². The van der Waals surface area contributed by atoms with Crippen molar-refractivity contribution in [2.45, 2.75) is 19.9 Å². The smallest absolute Gasteiger partial charge is 0.153 e. The maximum absolute atomic E-state index is 6.26. The van der Waals surface area contributed by atoms with Crippen LogP contribution >= 0.6 is 11.6 Å². The van der Waals surface area contributed by atoms with Gasteiger partial charge in [0.25, 0.3) is 0 Å². The van der Waals surface area contributed by atoms with Crippen LogP contribution in [0.25, 0.3) is 11.3 Å². The fourth-order valence-corrected chi connectivity index (χ4v) is 2.88. The summed E-state index contributed by atoms with van der Waals surface area (Å²) >= 11 is 6.26. The fraction of sp³-hybridized carbons (Fsp3) is 0.385. The SMILES string of the molecule is Cc1cnc(Cl)c2c1-c1nn(C)cc1C(C)N2C. The van der Waals surface area contributed by atoms with Crippen LogP contribution in [0.4, 0.5) is 5.69 Å². The van der Waals surface area contributed by atoms with Crippen molar-refractivity contribution in [1.82, 2.24) is 14.8 Å². The Balaban J connectivity index is 2.40. The van der Waals surface area contributed by atoms with E-state index in [1.54, 1.807) is 0 Å². The van der Waals surface area contributed by atoms with Gasteiger partial charge < -0.3 is 4.90 Å². The van der Waals surface area contributed by atoms with Crippen molar-refractivity contribution < 1.29 is 0 Å². The molecule has 0 amide bonds. The highest BCUT2D eigenvalue weighted by Crippen LogP contribution is 2.46. The van der Waals surface area contributed by atoms with Gasteiger partial charge in [0.15, 0.2) is 5.15 Å². The number of halogens is 1. The molecule has 2 aromatic heterocycles. The summed E-state index contributed by atoms with van der Waals surface area (Å²) in [5.41, 5.74) is 5.45. The lowest BCUT2D eigenvalue weighted by Crippen LogP contribution is -2.26. The topological polar surface area (TPSA) is 34.0 Å². The number of pyridine rings is 1. The van der Waals surface area contributed by atoms with Crippen LogP contribution < -0.4 is 4.90 Å². The first kappa shape index (κ1) is 11.5. The summed E-state index contributed by atoms with van der Waals surface area (Å²) in [5, 5.41) is 5.13. The highest BCUT2D eigenvalue weighted by molar-refractivity contribution is 6.33. The van der Waals surface area contributed by atoms with Gasteiger partial charge in [-0.15, -0.1) is 0 Å². The molecule has 18 heavy (non-hydrogen) atoms. The number of rotatable bonds is 0. The highest BCUT2D eigenvalue weighted by Gasteiger charge is 2.31. The number of fused-ring (bicyclic) bond motifs is 3. The van der Waals surface area contributed by atoms with E-state index in [-0.39, 0.29) is 6.04 Å². The van der Waals surface area contributed by atoms with Gasteiger partial charge in [-0.05, 0) is 19.4 Å². The summed E-state index contributed by atoms with van der Waals surface area (Å²) < 4.78 is 1.86. The number of aromatic nitrogens is 3. The maximum atomic E-state index is 6.26. The second-order valence-corrected chi connectivity index (χ2v) is 5.21. The predicted molar refractivity (Wildman–Crippen MR) is 73.0 cm³/mol. The second kappa shape index (κ2) is 3.72. The Kier molecular flexibility index (Phi) is 2.38. The highest BCUT2D eigenvalue weighted by atomic mass is 35.5. The average Bonchev–Trinajstić information content (AvgIpc) is 2.71. The fourth-order valence-electron chi connectivity index (χ4n) is 2.60. The number of aryl methyl sites for hydroxylation is 2. The molecule has 1 aliphatic rings. The van der Waals surface area contributed by atoms with E-state index in [4.69, 9.17) is 11.6 Å². The lowest BCUT2D eigenvalue weighted by atomic mass is 9.94. The molecular weight excluding hydrogens is 248 g/mol. The molecule has 1 atom stereocenters. The number of nitrogens with zero attached hydrogens (tertiary/aromatic N) is 4. The minimum absolute atomic E-state index is 0.252. The van der Waals surface area contributed by atoms with Crippen molar-refractivity contribution in [2.24, 2.45) is 7.05 Å². The minimum atomic E-state index is 0.252. The molecule has 1 aliphatic heterocycles. The first-order chi connectivity index (χ1) is 8.50. The van der Waals surface area contributed by atoms with E-state index in [0.717, 1.165) is 22.5 Å². The summed E-state index contributed by atoms with van der Waals surface area (Å²) in [4.78, 5) is 6.41. The average molecular weight is 263 g/mol. The van der Waals surface area contributed by atoms with Crippen LogP contribution in [0.15, 0.2) is 12.4 Å². The molecule has 0 saturated heterocycles. The van der Waals surface area contributed by atoms with Gasteiger partial charge in [0, 0.05) is 37.6 Å². The Hall–Kier alpha value is -1.55. The van der Waals surface area contributed by atoms with Gasteiger partial charge in [-0.2, -0.15) is 5.10 Å². The molecule has 0 saturated carbocycles. The molecular formula is C13H15ClN4. The van der Waals surface area contributed by atoms with E-state index in [1.807, 2.05) is 31.9 Å². The quantitative estimate of drug-likeness (QED) is 0.685. The molecule has 3 heterocycles. The van der Waals surface area contributed by atoms with E-state index < -0.39 is 0 Å². The van der Waals surface area contributed by atoms with Crippen molar-refractivity contribution in [2.75, 3.05) is 11.9 Å². The lowest BCUT2D eigenvalue weighted by Gasteiger charge is -2.34. The zero-order valence-electron chi connectivity index (χ0n) is 10.9. The largest absolute Gasteiger partial charge is 0.365 e. The number of hydrogen-bond donors (Lipinski definition) is 0. The molecule has 0 spiro atoms. The Bertz CT molecular complexity index is 632. The van der Waals surface area contributed by atoms with Gasteiger partial charge in [-0.3, -0.25) is 4.68 Å². The van der Waals surface area contributed by atoms with Crippen molar-refractivity contribution in [3.63, 3.8) is 0 Å². The zero-order valence-corrected chi connectivity index (χ0v) is 11.7. The molecule has 3 rings (SSSR count). The Morgan fingerprint density at radius 1 is 1.33 bits per heavy atom. The third kappa shape index (κ3) is 1.38. The molecule has 0 radical (unpaired) electrons. The van der Waals surface area contributed by atoms with E-state index in [9.17, 15) is 0 Å². The van der Waals surface area contributed by atoms with E-state index in [1.165, 1.54) is 5.56 Å². The lowest BCUT2D eigenvalue weighted by molar-refractivity contribution is 0.727. The van der Waals surface area contributed by atoms with Crippen molar-refractivity contribution in [3.05, 3.63) is 28.7 Å². The Morgan fingerprint density at radius 3 is 2.78 bits per heavy atom. The Morgan fingerprint density at radius 2 is 2.06 bits per heavy atom. The summed E-state index contributed by atoms with van der Waals surface area (Å²) in [6, 6.07) is 0.252. The first-order valence-corrected chi connectivity index (χ1v) is 6.30. The van der Waals surface area contributed by atoms with Crippen molar-refractivity contribution >= 4 is 17.3 Å². The van der Waals surface area contributed by atoms with Crippen LogP contribution in [0.2, 0.25) is 5.15 Å². The monoisotopic (exact) mass is 262 g/mol. The summed E-state index contributed by atoms with van der Waals surface area (Å²) in [6.45, 7) is 4.20. The Labute approximate surface area is 111 Å². The van der Waals surface area contributed by atoms with Crippen LogP contribution in [0.1, 0.15) is 24.1 Å². The molecule has 0 N–H and O–H groups in total. The van der Waals surface area contributed by atoms with Crippen LogP contribution in [0.3, 0.4) is 0 Å². The normalized spacial score (nSPS) is 17.6. The third-order valence-electron chi connectivity index (χ3n) is 3.68. The minimum Gasteiger partial charge on any atom is -0.365 e. The van der Waals surface area contributed by atoms with E-state index in [0.29, 0.717) is 5.15 Å². The van der Waals surface area contributed by atoms with E-state index in [2.05, 4.69) is 28.1 Å². The van der Waals surface area contributed by atoms with Gasteiger partial charge >= 0.3 is 0 Å². The maximum Gasteiger partial charge on any atom is 0.153 e. The third-order valence-corrected chi connectivity index (χ3v) is 3.95. The van der Waals surface area contributed by atoms with E-state index >= 15 is 0 Å². The molecule has 4 nitrogen and oxygen atoms in total. The van der Waals surface area contributed by atoms with Gasteiger partial charge in [-0.25, -0.2) is 4.98 Å². The molecule has 0 aliphatic carbocycles. The van der Waals surface area contributed by atoms with Gasteiger partial charge in [0.2, 0.25) is 0 Å².